The summed E-state index contributed by atoms with van der Waals surface area (Å²) < 4.78 is 12.2. The number of ketones is 1. The van der Waals surface area contributed by atoms with Crippen LogP contribution >= 0.6 is 0 Å². The highest BCUT2D eigenvalue weighted by atomic mass is 16.5. The van der Waals surface area contributed by atoms with Crippen molar-refractivity contribution in [2.45, 2.75) is 52.2 Å². The number of ether oxygens (including phenoxy) is 2. The summed E-state index contributed by atoms with van der Waals surface area (Å²) in [5.74, 6) is 0.735. The van der Waals surface area contributed by atoms with Gasteiger partial charge in [-0.15, -0.1) is 0 Å². The molecule has 0 radical (unpaired) electrons. The lowest BCUT2D eigenvalue weighted by Gasteiger charge is -2.33. The summed E-state index contributed by atoms with van der Waals surface area (Å²) in [6.07, 6.45) is 6.03. The fourth-order valence-electron chi connectivity index (χ4n) is 3.80. The van der Waals surface area contributed by atoms with Gasteiger partial charge in [-0.1, -0.05) is 17.7 Å². The Morgan fingerprint density at radius 2 is 1.97 bits per heavy atom. The highest BCUT2D eigenvalue weighted by Gasteiger charge is 2.35. The van der Waals surface area contributed by atoms with Gasteiger partial charge in [0.15, 0.2) is 5.78 Å². The fourth-order valence-corrected chi connectivity index (χ4v) is 3.80. The second-order valence-electron chi connectivity index (χ2n) is 8.66. The van der Waals surface area contributed by atoms with Crippen molar-refractivity contribution in [3.05, 3.63) is 64.2 Å². The lowest BCUT2D eigenvalue weighted by atomic mass is 9.91. The van der Waals surface area contributed by atoms with E-state index in [2.05, 4.69) is 0 Å². The average molecular weight is 406 g/mol. The second-order valence-corrected chi connectivity index (χ2v) is 8.66. The molecule has 2 heterocycles. The number of allylic oxidation sites excluding steroid dienone is 2. The van der Waals surface area contributed by atoms with Crippen molar-refractivity contribution in [2.24, 2.45) is 0 Å². The van der Waals surface area contributed by atoms with Gasteiger partial charge in [-0.05, 0) is 69.5 Å². The van der Waals surface area contributed by atoms with Crippen LogP contribution in [0.5, 0.6) is 23.0 Å². The van der Waals surface area contributed by atoms with E-state index in [1.54, 1.807) is 12.1 Å². The van der Waals surface area contributed by atoms with Crippen LogP contribution in [0.4, 0.5) is 0 Å². The van der Waals surface area contributed by atoms with Gasteiger partial charge in [-0.3, -0.25) is 4.79 Å². The molecule has 30 heavy (non-hydrogen) atoms. The van der Waals surface area contributed by atoms with Crippen LogP contribution in [0.2, 0.25) is 0 Å². The average Bonchev–Trinajstić information content (AvgIpc) is 2.65. The van der Waals surface area contributed by atoms with Gasteiger partial charge in [0.2, 0.25) is 0 Å². The molecule has 0 bridgehead atoms. The van der Waals surface area contributed by atoms with E-state index >= 15 is 0 Å². The molecule has 2 aromatic rings. The van der Waals surface area contributed by atoms with E-state index in [-0.39, 0.29) is 29.3 Å². The van der Waals surface area contributed by atoms with Crippen molar-refractivity contribution in [1.82, 2.24) is 0 Å². The number of phenols is 2. The Labute approximate surface area is 176 Å². The Balaban J connectivity index is 1.74. The molecule has 0 saturated carbocycles. The number of fused-ring (bicyclic) bond motifs is 3. The van der Waals surface area contributed by atoms with Gasteiger partial charge >= 0.3 is 0 Å². The van der Waals surface area contributed by atoms with Crippen molar-refractivity contribution in [3.8, 4) is 23.0 Å². The summed E-state index contributed by atoms with van der Waals surface area (Å²) in [6.45, 7) is 7.85. The molecule has 0 saturated heterocycles. The first-order valence-electron chi connectivity index (χ1n) is 10.1. The third-order valence-electron chi connectivity index (χ3n) is 5.40. The molecule has 0 unspecified atom stereocenters. The summed E-state index contributed by atoms with van der Waals surface area (Å²) in [6, 6.07) is 6.77. The number of phenolic OH excluding ortho intramolecular Hbond substituents is 2. The van der Waals surface area contributed by atoms with E-state index in [4.69, 9.17) is 9.47 Å². The summed E-state index contributed by atoms with van der Waals surface area (Å²) in [4.78, 5) is 12.9. The molecular formula is C25H26O5. The Morgan fingerprint density at radius 1 is 1.20 bits per heavy atom. The third kappa shape index (κ3) is 3.67. The molecule has 0 aromatic heterocycles. The Kier molecular flexibility index (Phi) is 4.85. The minimum atomic E-state index is -0.511. The number of hydrogen-bond donors (Lipinski definition) is 2. The van der Waals surface area contributed by atoms with E-state index in [9.17, 15) is 15.0 Å². The van der Waals surface area contributed by atoms with Crippen molar-refractivity contribution in [3.63, 3.8) is 0 Å². The van der Waals surface area contributed by atoms with Crippen molar-refractivity contribution in [2.75, 3.05) is 0 Å². The number of rotatable bonds is 3. The van der Waals surface area contributed by atoms with Crippen LogP contribution in [0, 0.1) is 0 Å². The first kappa shape index (κ1) is 20.1. The summed E-state index contributed by atoms with van der Waals surface area (Å²) in [5.41, 5.74) is 3.09. The molecule has 5 nitrogen and oxygen atoms in total. The fraction of sp³-hybridized carbons (Fsp3) is 0.320. The zero-order valence-corrected chi connectivity index (χ0v) is 17.7. The summed E-state index contributed by atoms with van der Waals surface area (Å²) in [7, 11) is 0. The maximum absolute atomic E-state index is 12.9. The SMILES string of the molecule is CC(C)=CCc1cc([C@@H]2CC(=O)c3c(O)cc4c(c3O2)C=CC(C)(C)O4)ccc1O. The molecule has 2 N–H and O–H groups in total. The topological polar surface area (TPSA) is 76.0 Å². The molecule has 1 atom stereocenters. The van der Waals surface area contributed by atoms with Crippen LogP contribution in [-0.2, 0) is 6.42 Å². The molecule has 156 valence electrons. The number of Topliss-reactive ketones (excluding diaryl/α,β-unsaturated/α-hetero) is 1. The Bertz CT molecular complexity index is 1090. The first-order valence-corrected chi connectivity index (χ1v) is 10.1. The van der Waals surface area contributed by atoms with E-state index in [0.717, 1.165) is 16.7 Å². The number of benzene rings is 2. The molecule has 0 amide bonds. The van der Waals surface area contributed by atoms with Gasteiger partial charge in [0.1, 0.15) is 40.3 Å². The highest BCUT2D eigenvalue weighted by Crippen LogP contribution is 2.48. The monoisotopic (exact) mass is 406 g/mol. The largest absolute Gasteiger partial charge is 0.508 e. The van der Waals surface area contributed by atoms with Gasteiger partial charge < -0.3 is 19.7 Å². The standard InChI is InChI=1S/C25H26O5/c1-14(2)5-6-15-11-16(7-8-18(15)26)21-12-19(27)23-20(28)13-22-17(24(23)29-21)9-10-25(3,4)30-22/h5,7-11,13,21,26,28H,6,12H2,1-4H3/t21-/m0/s1. The highest BCUT2D eigenvalue weighted by molar-refractivity contribution is 6.04. The number of aromatic hydroxyl groups is 2. The van der Waals surface area contributed by atoms with E-state index in [1.807, 2.05) is 52.0 Å². The number of hydrogen-bond acceptors (Lipinski definition) is 5. The smallest absolute Gasteiger partial charge is 0.174 e. The first-order chi connectivity index (χ1) is 14.1. The number of carbonyl (C=O) groups is 1. The maximum Gasteiger partial charge on any atom is 0.174 e. The molecular weight excluding hydrogens is 380 g/mol. The number of carbonyl (C=O) groups excluding carboxylic acids is 1. The normalized spacial score (nSPS) is 18.7. The molecule has 0 aliphatic carbocycles. The van der Waals surface area contributed by atoms with Crippen molar-refractivity contribution in [1.29, 1.82) is 0 Å². The zero-order chi connectivity index (χ0) is 21.6. The predicted molar refractivity (Wildman–Crippen MR) is 115 cm³/mol. The van der Waals surface area contributed by atoms with Gasteiger partial charge in [0.25, 0.3) is 0 Å². The van der Waals surface area contributed by atoms with E-state index in [0.29, 0.717) is 23.5 Å². The molecule has 0 spiro atoms. The molecule has 2 aliphatic rings. The predicted octanol–water partition coefficient (Wildman–Crippen LogP) is 5.50. The van der Waals surface area contributed by atoms with E-state index in [1.165, 1.54) is 6.07 Å². The minimum absolute atomic E-state index is 0.113. The van der Waals surface area contributed by atoms with Crippen LogP contribution in [0.3, 0.4) is 0 Å². The third-order valence-corrected chi connectivity index (χ3v) is 5.40. The van der Waals surface area contributed by atoms with Crippen molar-refractivity contribution >= 4 is 11.9 Å². The van der Waals surface area contributed by atoms with Gasteiger partial charge in [0.05, 0.1) is 12.0 Å². The van der Waals surface area contributed by atoms with Crippen LogP contribution in [0.15, 0.2) is 42.0 Å². The molecule has 4 rings (SSSR count). The molecule has 2 aromatic carbocycles. The zero-order valence-electron chi connectivity index (χ0n) is 17.7. The maximum atomic E-state index is 12.9. The van der Waals surface area contributed by atoms with Crippen LogP contribution in [-0.4, -0.2) is 21.6 Å². The van der Waals surface area contributed by atoms with Gasteiger partial charge in [-0.25, -0.2) is 0 Å². The minimum Gasteiger partial charge on any atom is -0.508 e. The van der Waals surface area contributed by atoms with E-state index < -0.39 is 11.7 Å². The van der Waals surface area contributed by atoms with Crippen LogP contribution in [0.25, 0.3) is 6.08 Å². The van der Waals surface area contributed by atoms with Gasteiger partial charge in [-0.2, -0.15) is 0 Å². The molecule has 2 aliphatic heterocycles. The van der Waals surface area contributed by atoms with Crippen LogP contribution < -0.4 is 9.47 Å². The molecule has 5 heteroatoms. The van der Waals surface area contributed by atoms with Gasteiger partial charge in [0, 0.05) is 6.07 Å². The summed E-state index contributed by atoms with van der Waals surface area (Å²) >= 11 is 0. The quantitative estimate of drug-likeness (QED) is 0.659. The Morgan fingerprint density at radius 3 is 2.70 bits per heavy atom. The van der Waals surface area contributed by atoms with Crippen LogP contribution in [0.1, 0.15) is 67.3 Å². The Hall–Kier alpha value is -3.21. The van der Waals surface area contributed by atoms with Crippen molar-refractivity contribution < 1.29 is 24.5 Å². The lowest BCUT2D eigenvalue weighted by molar-refractivity contribution is 0.0841. The molecule has 0 fully saturated rings. The second kappa shape index (κ2) is 7.24. The lowest BCUT2D eigenvalue weighted by Crippen LogP contribution is -2.29. The summed E-state index contributed by atoms with van der Waals surface area (Å²) in [5, 5.41) is 20.7.